The number of epoxide rings is 1. The quantitative estimate of drug-likeness (QED) is 0.369. The first-order chi connectivity index (χ1) is 12.7. The molecular weight excluding hydrogens is 378 g/mol. The van der Waals surface area contributed by atoms with Gasteiger partial charge in [0.05, 0.1) is 6.61 Å². The number of piperidine rings is 1. The molecule has 6 atom stereocenters. The summed E-state index contributed by atoms with van der Waals surface area (Å²) in [6, 6.07) is 10.1. The average Bonchev–Trinajstić information content (AvgIpc) is 3.33. The lowest BCUT2D eigenvalue weighted by atomic mass is 9.97. The maximum Gasteiger partial charge on any atom is 0.394 e. The Morgan fingerprint density at radius 2 is 1.74 bits per heavy atom. The molecule has 4 rings (SSSR count). The average molecular weight is 401 g/mol. The molecule has 3 heterocycles. The molecule has 0 aliphatic carbocycles. The summed E-state index contributed by atoms with van der Waals surface area (Å²) in [6.07, 6.45) is 2.26. The number of nitrogens with zero attached hydrogens (tertiary/aromatic N) is 1. The Hall–Kier alpha value is -1.56. The third-order valence-corrected chi connectivity index (χ3v) is 5.33. The Labute approximate surface area is 157 Å². The van der Waals surface area contributed by atoms with Crippen LogP contribution in [0.4, 0.5) is 0 Å². The Morgan fingerprint density at radius 1 is 1.22 bits per heavy atom. The standard InChI is InChI=1S/C17H21NO4.H2O4S/c1-18-13-7-11(8-14(18)16-15(13)22-16)21-17(20)12(9-19)10-5-3-2-4-6-10;1-5(2,3)4/h2-6,11-16,19H,7-9H2,1H3;(H2,1,2,3,4)/t11-,12-,13-,14+,15-,16+;/m1./s1. The van der Waals surface area contributed by atoms with Gasteiger partial charge in [0.2, 0.25) is 0 Å². The third kappa shape index (κ3) is 4.84. The number of carbonyl (C=O) groups is 1. The van der Waals surface area contributed by atoms with Gasteiger partial charge in [0.1, 0.15) is 24.2 Å². The number of hydrogen-bond acceptors (Lipinski definition) is 7. The minimum atomic E-state index is -4.67. The fraction of sp³-hybridized carbons (Fsp3) is 0.588. The van der Waals surface area contributed by atoms with Crippen molar-refractivity contribution in [1.82, 2.24) is 4.90 Å². The van der Waals surface area contributed by atoms with Gasteiger partial charge in [-0.1, -0.05) is 30.3 Å². The maximum atomic E-state index is 12.4. The first kappa shape index (κ1) is 20.2. The number of aliphatic hydroxyl groups excluding tert-OH is 1. The lowest BCUT2D eigenvalue weighted by molar-refractivity contribution is -0.156. The third-order valence-electron chi connectivity index (χ3n) is 5.33. The van der Waals surface area contributed by atoms with E-state index in [9.17, 15) is 9.90 Å². The molecular formula is C17H23NO8S. The van der Waals surface area contributed by atoms with Crippen LogP contribution in [0.15, 0.2) is 30.3 Å². The van der Waals surface area contributed by atoms with E-state index in [1.165, 1.54) is 0 Å². The van der Waals surface area contributed by atoms with Crippen molar-refractivity contribution in [2.45, 2.75) is 49.2 Å². The Kier molecular flexibility index (Phi) is 5.84. The van der Waals surface area contributed by atoms with Crippen molar-refractivity contribution in [2.75, 3.05) is 13.7 Å². The highest BCUT2D eigenvalue weighted by atomic mass is 32.3. The predicted octanol–water partition coefficient (Wildman–Crippen LogP) is 0.265. The molecule has 3 saturated heterocycles. The minimum absolute atomic E-state index is 0.0622. The molecule has 3 fully saturated rings. The molecule has 1 aromatic carbocycles. The van der Waals surface area contributed by atoms with Crippen molar-refractivity contribution < 1.29 is 36.9 Å². The van der Waals surface area contributed by atoms with Crippen LogP contribution in [-0.4, -0.2) is 77.5 Å². The van der Waals surface area contributed by atoms with E-state index < -0.39 is 16.3 Å². The summed E-state index contributed by atoms with van der Waals surface area (Å²) in [5, 5.41) is 9.56. The summed E-state index contributed by atoms with van der Waals surface area (Å²) in [5.41, 5.74) is 0.803. The van der Waals surface area contributed by atoms with E-state index in [2.05, 4.69) is 11.9 Å². The van der Waals surface area contributed by atoms with Crippen molar-refractivity contribution in [3.63, 3.8) is 0 Å². The van der Waals surface area contributed by atoms with Gasteiger partial charge in [-0.25, -0.2) is 0 Å². The largest absolute Gasteiger partial charge is 0.462 e. The normalized spacial score (nSPS) is 32.7. The molecule has 9 nitrogen and oxygen atoms in total. The lowest BCUT2D eigenvalue weighted by Gasteiger charge is -2.38. The SMILES string of the molecule is CN1[C@@H]2C[C@@H](OC(=O)[C@H](CO)c3ccccc3)C[C@H]1[C@@H]1O[C@@H]12.O=S(=O)(O)O. The molecule has 3 N–H and O–H groups in total. The molecule has 3 aliphatic rings. The van der Waals surface area contributed by atoms with Gasteiger partial charge in [0, 0.05) is 24.9 Å². The molecule has 2 bridgehead atoms. The van der Waals surface area contributed by atoms with Crippen LogP contribution >= 0.6 is 0 Å². The van der Waals surface area contributed by atoms with Gasteiger partial charge in [0.15, 0.2) is 0 Å². The van der Waals surface area contributed by atoms with E-state index in [1.54, 1.807) is 0 Å². The summed E-state index contributed by atoms with van der Waals surface area (Å²) >= 11 is 0. The van der Waals surface area contributed by atoms with Gasteiger partial charge in [-0.05, 0) is 12.6 Å². The zero-order valence-corrected chi connectivity index (χ0v) is 15.5. The van der Waals surface area contributed by atoms with Crippen molar-refractivity contribution in [3.05, 3.63) is 35.9 Å². The molecule has 10 heteroatoms. The molecule has 0 radical (unpaired) electrons. The highest BCUT2D eigenvalue weighted by Crippen LogP contribution is 2.48. The van der Waals surface area contributed by atoms with Gasteiger partial charge < -0.3 is 14.6 Å². The fourth-order valence-corrected chi connectivity index (χ4v) is 4.04. The maximum absolute atomic E-state index is 12.4. The van der Waals surface area contributed by atoms with E-state index in [0.29, 0.717) is 24.3 Å². The van der Waals surface area contributed by atoms with Crippen LogP contribution < -0.4 is 0 Å². The number of benzene rings is 1. The topological polar surface area (TPSA) is 137 Å². The van der Waals surface area contributed by atoms with Gasteiger partial charge in [-0.15, -0.1) is 0 Å². The predicted molar refractivity (Wildman–Crippen MR) is 93.6 cm³/mol. The zero-order chi connectivity index (χ0) is 19.8. The Balaban J connectivity index is 0.000000376. The van der Waals surface area contributed by atoms with E-state index >= 15 is 0 Å². The van der Waals surface area contributed by atoms with Crippen LogP contribution in [0.25, 0.3) is 0 Å². The monoisotopic (exact) mass is 401 g/mol. The molecule has 0 spiro atoms. The number of morpholine rings is 1. The molecule has 0 aromatic heterocycles. The second kappa shape index (κ2) is 7.82. The van der Waals surface area contributed by atoms with Crippen LogP contribution in [0, 0.1) is 0 Å². The van der Waals surface area contributed by atoms with Gasteiger partial charge in [0.25, 0.3) is 0 Å². The number of ether oxygens (including phenoxy) is 2. The highest BCUT2D eigenvalue weighted by molar-refractivity contribution is 7.79. The second-order valence-electron chi connectivity index (χ2n) is 6.99. The van der Waals surface area contributed by atoms with E-state index in [0.717, 1.165) is 18.4 Å². The van der Waals surface area contributed by atoms with Crippen LogP contribution in [0.5, 0.6) is 0 Å². The van der Waals surface area contributed by atoms with E-state index in [1.807, 2.05) is 30.3 Å². The van der Waals surface area contributed by atoms with E-state index in [-0.39, 0.29) is 18.7 Å². The number of rotatable bonds is 4. The molecule has 3 aliphatic heterocycles. The molecule has 150 valence electrons. The summed E-state index contributed by atoms with van der Waals surface area (Å²) < 4.78 is 43.0. The highest BCUT2D eigenvalue weighted by Gasteiger charge is 2.62. The molecule has 0 saturated carbocycles. The minimum Gasteiger partial charge on any atom is -0.462 e. The smallest absolute Gasteiger partial charge is 0.394 e. The number of esters is 1. The van der Waals surface area contributed by atoms with Crippen molar-refractivity contribution >= 4 is 16.4 Å². The molecule has 0 unspecified atom stereocenters. The zero-order valence-electron chi connectivity index (χ0n) is 14.7. The van der Waals surface area contributed by atoms with Crippen LogP contribution in [0.3, 0.4) is 0 Å². The Bertz CT molecular complexity index is 744. The number of aliphatic hydroxyl groups is 1. The van der Waals surface area contributed by atoms with Crippen molar-refractivity contribution in [2.24, 2.45) is 0 Å². The van der Waals surface area contributed by atoms with E-state index in [4.69, 9.17) is 27.0 Å². The van der Waals surface area contributed by atoms with Gasteiger partial charge in [-0.2, -0.15) is 8.42 Å². The second-order valence-corrected chi connectivity index (χ2v) is 7.89. The van der Waals surface area contributed by atoms with Crippen LogP contribution in [-0.2, 0) is 24.7 Å². The summed E-state index contributed by atoms with van der Waals surface area (Å²) in [6.45, 7) is -0.226. The number of fused-ring (bicyclic) bond motifs is 5. The number of likely N-dealkylation sites (N-methyl/N-ethyl adjacent to an activating group) is 1. The van der Waals surface area contributed by atoms with Crippen LogP contribution in [0.1, 0.15) is 24.3 Å². The van der Waals surface area contributed by atoms with Crippen molar-refractivity contribution in [1.29, 1.82) is 0 Å². The first-order valence-electron chi connectivity index (χ1n) is 8.62. The lowest BCUT2D eigenvalue weighted by Crippen LogP contribution is -2.48. The van der Waals surface area contributed by atoms with Gasteiger partial charge in [-0.3, -0.25) is 18.8 Å². The summed E-state index contributed by atoms with van der Waals surface area (Å²) in [7, 11) is -2.54. The van der Waals surface area contributed by atoms with Crippen LogP contribution in [0.2, 0.25) is 0 Å². The first-order valence-corrected chi connectivity index (χ1v) is 10.0. The van der Waals surface area contributed by atoms with Gasteiger partial charge >= 0.3 is 16.4 Å². The number of carbonyl (C=O) groups excluding carboxylic acids is 1. The summed E-state index contributed by atoms with van der Waals surface area (Å²) in [5.74, 6) is -0.915. The molecule has 0 amide bonds. The summed E-state index contributed by atoms with van der Waals surface area (Å²) in [4.78, 5) is 14.8. The number of hydrogen-bond donors (Lipinski definition) is 3. The molecule has 27 heavy (non-hydrogen) atoms. The Morgan fingerprint density at radius 3 is 2.22 bits per heavy atom. The molecule has 1 aromatic rings. The fourth-order valence-electron chi connectivity index (χ4n) is 4.04. The van der Waals surface area contributed by atoms with Crippen molar-refractivity contribution in [3.8, 4) is 0 Å².